The summed E-state index contributed by atoms with van der Waals surface area (Å²) in [7, 11) is 5.68. The molecule has 5 N–H and O–H groups in total. The number of fused-ring (bicyclic) bond motifs is 1. The van der Waals surface area contributed by atoms with Crippen molar-refractivity contribution in [3.63, 3.8) is 0 Å². The van der Waals surface area contributed by atoms with Crippen LogP contribution < -0.4 is 11.5 Å². The Morgan fingerprint density at radius 2 is 2.06 bits per heavy atom. The van der Waals surface area contributed by atoms with E-state index in [0.717, 1.165) is 54.3 Å². The molecule has 13 nitrogen and oxygen atoms in total. The number of piperazine rings is 1. The number of nitrogen functional groups attached to an aromatic ring is 1. The molecule has 1 aromatic rings. The lowest BCUT2D eigenvalue weighted by molar-refractivity contribution is -0.908. The Labute approximate surface area is 217 Å². The smallest absolute Gasteiger partial charge is 0.352 e. The zero-order valence-electron chi connectivity index (χ0n) is 20.4. The van der Waals surface area contributed by atoms with Crippen LogP contribution in [0.1, 0.15) is 12.2 Å². The van der Waals surface area contributed by atoms with E-state index in [0.29, 0.717) is 12.2 Å². The van der Waals surface area contributed by atoms with E-state index in [-0.39, 0.29) is 33.6 Å². The van der Waals surface area contributed by atoms with Gasteiger partial charge in [0.15, 0.2) is 5.13 Å². The number of likely N-dealkylation sites (N-methyl/N-ethyl adjacent to an activating group) is 2. The predicted molar refractivity (Wildman–Crippen MR) is 137 cm³/mol. The number of nitrogens with zero attached hydrogens (tertiary/aromatic N) is 6. The van der Waals surface area contributed by atoms with Crippen LogP contribution in [0, 0.1) is 0 Å². The molecule has 2 amide bonds. The monoisotopic (exact) mass is 539 g/mol. The second-order valence-corrected chi connectivity index (χ2v) is 10.8. The maximum absolute atomic E-state index is 11.7. The number of primary amides is 1. The number of carbonyl (C=O) groups is 3. The highest BCUT2D eigenvalue weighted by Gasteiger charge is 2.44. The second-order valence-electron chi connectivity index (χ2n) is 8.81. The molecular formula is C21H31N8O5S2+. The predicted octanol–water partition coefficient (Wildman–Crippen LogP) is -0.465. The van der Waals surface area contributed by atoms with Gasteiger partial charge in [-0.05, 0) is 18.7 Å². The molecule has 36 heavy (non-hydrogen) atoms. The summed E-state index contributed by atoms with van der Waals surface area (Å²) in [4.78, 5) is 46.0. The van der Waals surface area contributed by atoms with Gasteiger partial charge in [-0.25, -0.2) is 4.79 Å². The number of amides is 2. The van der Waals surface area contributed by atoms with Gasteiger partial charge < -0.3 is 25.9 Å². The van der Waals surface area contributed by atoms with Gasteiger partial charge in [0.05, 0.1) is 38.5 Å². The Kier molecular flexibility index (Phi) is 9.05. The average molecular weight is 540 g/mol. The fourth-order valence-electron chi connectivity index (χ4n) is 3.86. The SMILES string of the molecule is CN1CC[N+](C)(C/C=C/C2=C(C(=O)O)N3C(=O)C[C@@H]3SC2)CC1.CO/N=C(\C(N)=O)c1nsc(N)n1. The summed E-state index contributed by atoms with van der Waals surface area (Å²) in [6.07, 6.45) is 4.45. The third kappa shape index (κ3) is 6.60. The van der Waals surface area contributed by atoms with Gasteiger partial charge in [0, 0.05) is 30.4 Å². The van der Waals surface area contributed by atoms with E-state index in [1.807, 2.05) is 6.08 Å². The lowest BCUT2D eigenvalue weighted by atomic mass is 10.1. The van der Waals surface area contributed by atoms with Gasteiger partial charge in [0.25, 0.3) is 5.91 Å². The fraction of sp³-hybridized carbons (Fsp3) is 0.524. The van der Waals surface area contributed by atoms with E-state index < -0.39 is 11.9 Å². The Balaban J connectivity index is 0.000000236. The molecule has 2 fully saturated rings. The van der Waals surface area contributed by atoms with Crippen molar-refractivity contribution in [1.29, 1.82) is 0 Å². The molecule has 0 bridgehead atoms. The summed E-state index contributed by atoms with van der Waals surface area (Å²) in [5.74, 6) is -1.10. The van der Waals surface area contributed by atoms with E-state index >= 15 is 0 Å². The fourth-order valence-corrected chi connectivity index (χ4v) is 5.54. The Morgan fingerprint density at radius 1 is 1.36 bits per heavy atom. The Hall–Kier alpha value is -3.01. The van der Waals surface area contributed by atoms with Gasteiger partial charge in [-0.1, -0.05) is 11.2 Å². The normalized spacial score (nSPS) is 22.0. The van der Waals surface area contributed by atoms with E-state index in [1.54, 1.807) is 11.8 Å². The van der Waals surface area contributed by atoms with E-state index in [1.165, 1.54) is 12.0 Å². The Bertz CT molecular complexity index is 1090. The van der Waals surface area contributed by atoms with Crippen molar-refractivity contribution in [3.8, 4) is 0 Å². The lowest BCUT2D eigenvalue weighted by Gasteiger charge is -2.43. The number of nitrogens with two attached hydrogens (primary N) is 2. The molecule has 196 valence electrons. The summed E-state index contributed by atoms with van der Waals surface area (Å²) >= 11 is 2.60. The van der Waals surface area contributed by atoms with Gasteiger partial charge in [0.1, 0.15) is 12.8 Å². The average Bonchev–Trinajstić information content (AvgIpc) is 3.25. The van der Waals surface area contributed by atoms with Crippen LogP contribution in [-0.4, -0.2) is 117 Å². The van der Waals surface area contributed by atoms with Crippen molar-refractivity contribution in [3.05, 3.63) is 29.2 Å². The molecule has 4 heterocycles. The number of hydrogen-bond acceptors (Lipinski definition) is 11. The summed E-state index contributed by atoms with van der Waals surface area (Å²) < 4.78 is 4.73. The number of aliphatic carboxylic acids is 1. The first-order chi connectivity index (χ1) is 17.0. The number of carbonyl (C=O) groups excluding carboxylic acids is 2. The maximum atomic E-state index is 11.7. The highest BCUT2D eigenvalue weighted by molar-refractivity contribution is 8.00. The first-order valence-electron chi connectivity index (χ1n) is 11.1. The zero-order chi connectivity index (χ0) is 26.5. The van der Waals surface area contributed by atoms with Gasteiger partial charge in [-0.3, -0.25) is 19.4 Å². The summed E-state index contributed by atoms with van der Waals surface area (Å²) in [6, 6.07) is 0. The molecule has 4 rings (SSSR count). The van der Waals surface area contributed by atoms with Crippen LogP contribution in [0.2, 0.25) is 0 Å². The zero-order valence-corrected chi connectivity index (χ0v) is 22.0. The van der Waals surface area contributed by atoms with Crippen LogP contribution in [0.5, 0.6) is 0 Å². The van der Waals surface area contributed by atoms with Crippen LogP contribution in [0.25, 0.3) is 0 Å². The minimum absolute atomic E-state index is 0.0212. The van der Waals surface area contributed by atoms with Gasteiger partial charge in [-0.2, -0.15) is 9.36 Å². The number of β-lactam (4-membered cyclic amide) rings is 1. The van der Waals surface area contributed by atoms with Gasteiger partial charge >= 0.3 is 5.97 Å². The first-order valence-corrected chi connectivity index (χ1v) is 13.0. The molecule has 2 saturated heterocycles. The number of thioether (sulfide) groups is 1. The molecule has 15 heteroatoms. The van der Waals surface area contributed by atoms with Crippen molar-refractivity contribution in [2.24, 2.45) is 10.9 Å². The van der Waals surface area contributed by atoms with Crippen molar-refractivity contribution in [2.45, 2.75) is 11.8 Å². The van der Waals surface area contributed by atoms with Crippen LogP contribution >= 0.6 is 23.3 Å². The van der Waals surface area contributed by atoms with Crippen molar-refractivity contribution in [2.75, 3.05) is 65.4 Å². The number of aromatic nitrogens is 2. The van der Waals surface area contributed by atoms with Crippen LogP contribution in [0.3, 0.4) is 0 Å². The summed E-state index contributed by atoms with van der Waals surface area (Å²) in [5, 5.41) is 13.1. The van der Waals surface area contributed by atoms with Gasteiger partial charge in [0.2, 0.25) is 17.4 Å². The molecule has 1 aromatic heterocycles. The topological polar surface area (TPSA) is 177 Å². The van der Waals surface area contributed by atoms with Gasteiger partial charge in [-0.15, -0.1) is 11.8 Å². The molecular weight excluding hydrogens is 508 g/mol. The standard InChI is InChI=1S/C16H23N3O3S.C5H7N5O2S/c1-17-5-8-19(2,9-6-17)7-3-4-12-11-23-14-10-13(20)18(14)15(12)16(21)22;1-12-9-2(3(6)11)4-8-5(7)13-10-4/h3-4,14H,5-11H2,1-2H3;1H3,(H2,6,11)(H2,7,8,10)/p+1/b4-3+;9-2+/t14-;/m0./s1. The van der Waals surface area contributed by atoms with Crippen LogP contribution in [0.4, 0.5) is 5.13 Å². The summed E-state index contributed by atoms with van der Waals surface area (Å²) in [6.45, 7) is 5.28. The molecule has 0 aromatic carbocycles. The van der Waals surface area contributed by atoms with Crippen molar-refractivity contribution < 1.29 is 28.8 Å². The third-order valence-electron chi connectivity index (χ3n) is 6.06. The number of quaternary nitrogens is 1. The van der Waals surface area contributed by atoms with Crippen LogP contribution in [-0.2, 0) is 19.2 Å². The lowest BCUT2D eigenvalue weighted by Crippen LogP contribution is -2.56. The van der Waals surface area contributed by atoms with Crippen LogP contribution in [0.15, 0.2) is 28.6 Å². The number of oxime groups is 1. The molecule has 0 radical (unpaired) electrons. The van der Waals surface area contributed by atoms with E-state index in [2.05, 4.69) is 44.4 Å². The van der Waals surface area contributed by atoms with E-state index in [9.17, 15) is 19.5 Å². The van der Waals surface area contributed by atoms with Crippen molar-refractivity contribution in [1.82, 2.24) is 19.2 Å². The summed E-state index contributed by atoms with van der Waals surface area (Å²) in [5.41, 5.74) is 11.1. The maximum Gasteiger partial charge on any atom is 0.352 e. The molecule has 0 spiro atoms. The molecule has 3 aliphatic rings. The highest BCUT2D eigenvalue weighted by Crippen LogP contribution is 2.40. The number of rotatable bonds is 7. The first kappa shape index (κ1) is 27.6. The number of carboxylic acids is 1. The van der Waals surface area contributed by atoms with E-state index in [4.69, 9.17) is 11.5 Å². The molecule has 0 aliphatic carbocycles. The number of anilines is 1. The molecule has 0 unspecified atom stereocenters. The van der Waals surface area contributed by atoms with Crippen molar-refractivity contribution >= 4 is 51.9 Å². The molecule has 3 aliphatic heterocycles. The Morgan fingerprint density at radius 3 is 2.58 bits per heavy atom. The number of hydrogen-bond donors (Lipinski definition) is 3. The highest BCUT2D eigenvalue weighted by atomic mass is 32.2. The number of carboxylic acid groups (broad SMARTS) is 1. The largest absolute Gasteiger partial charge is 0.477 e. The number of allylic oxidation sites excluding steroid dienone is 1. The third-order valence-corrected chi connectivity index (χ3v) is 7.85. The second kappa shape index (κ2) is 11.8. The minimum atomic E-state index is -0.997. The minimum Gasteiger partial charge on any atom is -0.477 e. The molecule has 1 atom stereocenters. The quantitative estimate of drug-likeness (QED) is 0.178. The molecule has 0 saturated carbocycles.